The third-order valence-corrected chi connectivity index (χ3v) is 4.20. The van der Waals surface area contributed by atoms with Gasteiger partial charge < -0.3 is 19.2 Å². The van der Waals surface area contributed by atoms with E-state index in [1.165, 1.54) is 19.2 Å². The molecule has 2 aromatic carbocycles. The lowest BCUT2D eigenvalue weighted by atomic mass is 10.1. The van der Waals surface area contributed by atoms with Gasteiger partial charge in [0.05, 0.1) is 37.5 Å². The van der Waals surface area contributed by atoms with Gasteiger partial charge in [0.15, 0.2) is 0 Å². The predicted octanol–water partition coefficient (Wildman–Crippen LogP) is 4.06. The van der Waals surface area contributed by atoms with E-state index in [9.17, 15) is 9.59 Å². The van der Waals surface area contributed by atoms with E-state index in [1.54, 1.807) is 31.6 Å². The van der Waals surface area contributed by atoms with E-state index in [2.05, 4.69) is 10.1 Å². The van der Waals surface area contributed by atoms with Gasteiger partial charge in [-0.15, -0.1) is 0 Å². The summed E-state index contributed by atoms with van der Waals surface area (Å²) in [6, 6.07) is 10.0. The fraction of sp³-hybridized carbons (Fsp3) is 0.158. The Morgan fingerprint density at radius 1 is 1.15 bits per heavy atom. The van der Waals surface area contributed by atoms with Crippen LogP contribution >= 0.6 is 11.6 Å². The van der Waals surface area contributed by atoms with Crippen LogP contribution in [0.2, 0.25) is 5.02 Å². The molecule has 1 heterocycles. The van der Waals surface area contributed by atoms with Crippen molar-refractivity contribution < 1.29 is 23.5 Å². The summed E-state index contributed by atoms with van der Waals surface area (Å²) in [6.45, 7) is 0. The summed E-state index contributed by atoms with van der Waals surface area (Å²) in [4.78, 5) is 24.0. The summed E-state index contributed by atoms with van der Waals surface area (Å²) in [5, 5.41) is 3.84. The Morgan fingerprint density at radius 3 is 2.69 bits per heavy atom. The Balaban J connectivity index is 1.76. The molecule has 0 aliphatic heterocycles. The third-order valence-electron chi connectivity index (χ3n) is 3.87. The highest BCUT2D eigenvalue weighted by atomic mass is 35.5. The zero-order valence-electron chi connectivity index (χ0n) is 14.2. The number of benzene rings is 2. The maximum Gasteiger partial charge on any atom is 0.339 e. The first-order valence-corrected chi connectivity index (χ1v) is 8.11. The number of hydrogen-bond acceptors (Lipinski definition) is 5. The van der Waals surface area contributed by atoms with E-state index < -0.39 is 5.97 Å². The van der Waals surface area contributed by atoms with Crippen molar-refractivity contribution in [1.29, 1.82) is 0 Å². The zero-order chi connectivity index (χ0) is 18.7. The largest absolute Gasteiger partial charge is 0.497 e. The number of carbonyl (C=O) groups is 2. The molecular formula is C19H16ClNO5. The molecule has 0 aliphatic carbocycles. The summed E-state index contributed by atoms with van der Waals surface area (Å²) in [6.07, 6.45) is 1.67. The number of anilines is 1. The van der Waals surface area contributed by atoms with E-state index in [0.717, 1.165) is 10.9 Å². The number of halogens is 1. The maximum atomic E-state index is 12.4. The van der Waals surface area contributed by atoms with Crippen molar-refractivity contribution in [3.05, 3.63) is 58.8 Å². The van der Waals surface area contributed by atoms with E-state index in [4.69, 9.17) is 20.8 Å². The standard InChI is InChI=1S/C19H16ClNO5/c1-24-13-4-5-14-11(10-26-17(14)9-13)7-18(22)21-12-3-6-16(20)15(8-12)19(23)25-2/h3-6,8-10H,7H2,1-2H3,(H,21,22). The fourth-order valence-electron chi connectivity index (χ4n) is 2.57. The SMILES string of the molecule is COC(=O)c1cc(NC(=O)Cc2coc3cc(OC)ccc23)ccc1Cl. The van der Waals surface area contributed by atoms with Crippen molar-refractivity contribution in [1.82, 2.24) is 0 Å². The minimum absolute atomic E-state index is 0.121. The second-order valence-corrected chi connectivity index (χ2v) is 5.94. The summed E-state index contributed by atoms with van der Waals surface area (Å²) in [5.74, 6) is -0.137. The summed E-state index contributed by atoms with van der Waals surface area (Å²) in [7, 11) is 2.84. The van der Waals surface area contributed by atoms with Gasteiger partial charge in [0.25, 0.3) is 0 Å². The molecule has 1 N–H and O–H groups in total. The molecule has 0 fully saturated rings. The molecule has 0 unspecified atom stereocenters. The first-order chi connectivity index (χ1) is 12.5. The van der Waals surface area contributed by atoms with Crippen molar-refractivity contribution >= 4 is 40.1 Å². The molecule has 3 aromatic rings. The first-order valence-electron chi connectivity index (χ1n) is 7.73. The molecule has 1 aromatic heterocycles. The molecule has 1 amide bonds. The first kappa shape index (κ1) is 17.8. The highest BCUT2D eigenvalue weighted by Gasteiger charge is 2.14. The minimum atomic E-state index is -0.569. The second-order valence-electron chi connectivity index (χ2n) is 5.53. The molecule has 0 radical (unpaired) electrons. The number of hydrogen-bond donors (Lipinski definition) is 1. The lowest BCUT2D eigenvalue weighted by Crippen LogP contribution is -2.15. The van der Waals surface area contributed by atoms with Crippen LogP contribution in [0.3, 0.4) is 0 Å². The number of methoxy groups -OCH3 is 2. The molecule has 0 spiro atoms. The molecule has 6 nitrogen and oxygen atoms in total. The average molecular weight is 374 g/mol. The van der Waals surface area contributed by atoms with Gasteiger partial charge in [0, 0.05) is 22.7 Å². The second kappa shape index (κ2) is 7.49. The van der Waals surface area contributed by atoms with E-state index in [-0.39, 0.29) is 22.9 Å². The van der Waals surface area contributed by atoms with Crippen LogP contribution in [0.25, 0.3) is 11.0 Å². The van der Waals surface area contributed by atoms with Gasteiger partial charge in [-0.2, -0.15) is 0 Å². The smallest absolute Gasteiger partial charge is 0.339 e. The lowest BCUT2D eigenvalue weighted by Gasteiger charge is -2.08. The van der Waals surface area contributed by atoms with Crippen molar-refractivity contribution in [3.8, 4) is 5.75 Å². The molecule has 0 atom stereocenters. The molecule has 134 valence electrons. The monoisotopic (exact) mass is 373 g/mol. The Bertz CT molecular complexity index is 979. The number of furan rings is 1. The molecule has 0 saturated heterocycles. The molecule has 0 aliphatic rings. The number of fused-ring (bicyclic) bond motifs is 1. The Hall–Kier alpha value is -2.99. The fourth-order valence-corrected chi connectivity index (χ4v) is 2.77. The van der Waals surface area contributed by atoms with Gasteiger partial charge in [0.1, 0.15) is 11.3 Å². The van der Waals surface area contributed by atoms with Gasteiger partial charge in [-0.25, -0.2) is 4.79 Å². The molecule has 0 saturated carbocycles. The molecule has 7 heteroatoms. The Kier molecular flexibility index (Phi) is 5.14. The van der Waals surface area contributed by atoms with Gasteiger partial charge in [-0.1, -0.05) is 11.6 Å². The van der Waals surface area contributed by atoms with E-state index >= 15 is 0 Å². The van der Waals surface area contributed by atoms with Gasteiger partial charge in [-0.3, -0.25) is 4.79 Å². The molecular weight excluding hydrogens is 358 g/mol. The predicted molar refractivity (Wildman–Crippen MR) is 97.9 cm³/mol. The number of nitrogens with one attached hydrogen (secondary N) is 1. The van der Waals surface area contributed by atoms with Crippen LogP contribution in [0.4, 0.5) is 5.69 Å². The Morgan fingerprint density at radius 2 is 1.96 bits per heavy atom. The van der Waals surface area contributed by atoms with Crippen molar-refractivity contribution in [2.75, 3.05) is 19.5 Å². The summed E-state index contributed by atoms with van der Waals surface area (Å²) in [5.41, 5.74) is 2.04. The van der Waals surface area contributed by atoms with Crippen molar-refractivity contribution in [3.63, 3.8) is 0 Å². The number of carbonyl (C=O) groups excluding carboxylic acids is 2. The van der Waals surface area contributed by atoms with Crippen LogP contribution in [0.1, 0.15) is 15.9 Å². The third kappa shape index (κ3) is 3.65. The number of esters is 1. The highest BCUT2D eigenvalue weighted by Crippen LogP contribution is 2.26. The van der Waals surface area contributed by atoms with Crippen LogP contribution < -0.4 is 10.1 Å². The zero-order valence-corrected chi connectivity index (χ0v) is 14.9. The van der Waals surface area contributed by atoms with Crippen LogP contribution in [0.5, 0.6) is 5.75 Å². The van der Waals surface area contributed by atoms with E-state index in [0.29, 0.717) is 17.0 Å². The maximum absolute atomic E-state index is 12.4. The van der Waals surface area contributed by atoms with Crippen molar-refractivity contribution in [2.24, 2.45) is 0 Å². The average Bonchev–Trinajstić information content (AvgIpc) is 3.04. The van der Waals surface area contributed by atoms with Gasteiger partial charge in [0.2, 0.25) is 5.91 Å². The van der Waals surface area contributed by atoms with Crippen LogP contribution in [-0.2, 0) is 16.0 Å². The quantitative estimate of drug-likeness (QED) is 0.682. The number of rotatable bonds is 5. The number of ether oxygens (including phenoxy) is 2. The summed E-state index contributed by atoms with van der Waals surface area (Å²) >= 11 is 5.98. The van der Waals surface area contributed by atoms with E-state index in [1.807, 2.05) is 6.07 Å². The topological polar surface area (TPSA) is 77.8 Å². The molecule has 3 rings (SSSR count). The van der Waals surface area contributed by atoms with Gasteiger partial charge in [-0.05, 0) is 30.3 Å². The lowest BCUT2D eigenvalue weighted by molar-refractivity contribution is -0.115. The van der Waals surface area contributed by atoms with Crippen LogP contribution in [-0.4, -0.2) is 26.1 Å². The Labute approximate surface area is 154 Å². The van der Waals surface area contributed by atoms with Crippen LogP contribution in [0.15, 0.2) is 47.1 Å². The highest BCUT2D eigenvalue weighted by molar-refractivity contribution is 6.33. The minimum Gasteiger partial charge on any atom is -0.497 e. The number of amides is 1. The van der Waals surface area contributed by atoms with Crippen molar-refractivity contribution in [2.45, 2.75) is 6.42 Å². The van der Waals surface area contributed by atoms with Crippen LogP contribution in [0, 0.1) is 0 Å². The normalized spacial score (nSPS) is 10.6. The summed E-state index contributed by atoms with van der Waals surface area (Å²) < 4.78 is 15.3. The van der Waals surface area contributed by atoms with Gasteiger partial charge >= 0.3 is 5.97 Å². The molecule has 0 bridgehead atoms. The molecule has 26 heavy (non-hydrogen) atoms.